The van der Waals surface area contributed by atoms with Crippen molar-refractivity contribution in [2.24, 2.45) is 9.98 Å². The van der Waals surface area contributed by atoms with Gasteiger partial charge in [-0.1, -0.05) is 35.9 Å². The zero-order chi connectivity index (χ0) is 28.7. The van der Waals surface area contributed by atoms with Crippen LogP contribution in [0.5, 0.6) is 5.75 Å². The maximum atomic E-state index is 13.6. The minimum absolute atomic E-state index is 0.00965. The standard InChI is InChI=1S/C32H24ClIN4O3/c1-19-26(27-15-24(41-2)12-13-28(27)38(19)32(40)20-7-9-22(33)10-8-20)16-30(39)36-31-25-6-4-3-5-21(25)17-37-18-23(34)11-14-29(37)35-31/h3-15,18H,16-17H2,1-2H3. The molecule has 204 valence electrons. The van der Waals surface area contributed by atoms with E-state index < -0.39 is 0 Å². The summed E-state index contributed by atoms with van der Waals surface area (Å²) in [5, 5.41) is 1.30. The normalized spacial score (nSPS) is 15.2. The Morgan fingerprint density at radius 1 is 1.07 bits per heavy atom. The Bertz CT molecular complexity index is 1850. The molecule has 4 aromatic rings. The van der Waals surface area contributed by atoms with Crippen molar-refractivity contribution in [3.8, 4) is 5.75 Å². The molecule has 0 saturated heterocycles. The highest BCUT2D eigenvalue weighted by Crippen LogP contribution is 2.31. The van der Waals surface area contributed by atoms with Crippen molar-refractivity contribution in [3.63, 3.8) is 0 Å². The van der Waals surface area contributed by atoms with E-state index in [9.17, 15) is 9.59 Å². The second-order valence-corrected chi connectivity index (χ2v) is 11.4. The van der Waals surface area contributed by atoms with Gasteiger partial charge < -0.3 is 9.64 Å². The third kappa shape index (κ3) is 5.25. The molecule has 2 aliphatic heterocycles. The van der Waals surface area contributed by atoms with Crippen LogP contribution in [-0.2, 0) is 17.8 Å². The van der Waals surface area contributed by atoms with Gasteiger partial charge in [0.1, 0.15) is 11.6 Å². The molecule has 3 aromatic carbocycles. The van der Waals surface area contributed by atoms with E-state index in [0.29, 0.717) is 45.5 Å². The number of nitrogens with zero attached hydrogens (tertiary/aromatic N) is 4. The molecule has 0 radical (unpaired) electrons. The first-order valence-electron chi connectivity index (χ1n) is 12.9. The number of allylic oxidation sites excluding steroid dienone is 2. The quantitative estimate of drug-likeness (QED) is 0.221. The number of methoxy groups -OCH3 is 1. The fourth-order valence-corrected chi connectivity index (χ4v) is 5.80. The number of hydrogen-bond acceptors (Lipinski definition) is 4. The Kier molecular flexibility index (Phi) is 7.35. The van der Waals surface area contributed by atoms with E-state index in [1.165, 1.54) is 0 Å². The largest absolute Gasteiger partial charge is 0.497 e. The lowest BCUT2D eigenvalue weighted by Crippen LogP contribution is -2.24. The van der Waals surface area contributed by atoms with Crippen LogP contribution in [0.2, 0.25) is 5.02 Å². The molecule has 6 rings (SSSR count). The maximum absolute atomic E-state index is 13.6. The molecular weight excluding hydrogens is 651 g/mol. The van der Waals surface area contributed by atoms with Crippen LogP contribution in [-0.4, -0.2) is 40.1 Å². The van der Waals surface area contributed by atoms with Gasteiger partial charge in [-0.05, 0) is 95.3 Å². The van der Waals surface area contributed by atoms with Crippen molar-refractivity contribution in [1.29, 1.82) is 0 Å². The van der Waals surface area contributed by atoms with Crippen LogP contribution in [0.15, 0.2) is 98.6 Å². The third-order valence-corrected chi connectivity index (χ3v) is 8.07. The molecule has 0 unspecified atom stereocenters. The number of fused-ring (bicyclic) bond motifs is 3. The lowest BCUT2D eigenvalue weighted by atomic mass is 10.1. The molecule has 0 bridgehead atoms. The first kappa shape index (κ1) is 27.2. The Hall–Kier alpha value is -4.02. The molecular formula is C32H24ClIN4O3. The number of aromatic nitrogens is 1. The summed E-state index contributed by atoms with van der Waals surface area (Å²) in [7, 11) is 1.59. The lowest BCUT2D eigenvalue weighted by Gasteiger charge is -2.21. The minimum atomic E-state index is -0.360. The number of amidine groups is 2. The van der Waals surface area contributed by atoms with Gasteiger partial charge in [-0.2, -0.15) is 4.99 Å². The number of ether oxygens (including phenoxy) is 1. The van der Waals surface area contributed by atoms with Crippen molar-refractivity contribution in [2.45, 2.75) is 19.9 Å². The highest BCUT2D eigenvalue weighted by Gasteiger charge is 2.24. The molecule has 0 atom stereocenters. The number of rotatable bonds is 4. The van der Waals surface area contributed by atoms with Crippen LogP contribution >= 0.6 is 34.2 Å². The van der Waals surface area contributed by atoms with E-state index >= 15 is 0 Å². The van der Waals surface area contributed by atoms with E-state index in [1.807, 2.05) is 61.7 Å². The van der Waals surface area contributed by atoms with E-state index in [4.69, 9.17) is 21.3 Å². The maximum Gasteiger partial charge on any atom is 0.262 e. The monoisotopic (exact) mass is 674 g/mol. The molecule has 0 saturated carbocycles. The van der Waals surface area contributed by atoms with E-state index in [0.717, 1.165) is 25.9 Å². The summed E-state index contributed by atoms with van der Waals surface area (Å²) in [6.07, 6.45) is 5.93. The fourth-order valence-electron chi connectivity index (χ4n) is 5.15. The zero-order valence-corrected chi connectivity index (χ0v) is 25.2. The van der Waals surface area contributed by atoms with Crippen molar-refractivity contribution in [2.75, 3.05) is 7.11 Å². The van der Waals surface area contributed by atoms with Gasteiger partial charge in [-0.25, -0.2) is 4.99 Å². The SMILES string of the molecule is COc1ccc2c(c1)c(CC(=O)N=C1N=C3C=CC(I)=CN3Cc3ccccc31)c(C)n2C(=O)c1ccc(Cl)cc1. The molecule has 9 heteroatoms. The van der Waals surface area contributed by atoms with Crippen LogP contribution in [0.25, 0.3) is 10.9 Å². The van der Waals surface area contributed by atoms with Crippen molar-refractivity contribution >= 4 is 68.6 Å². The minimum Gasteiger partial charge on any atom is -0.497 e. The van der Waals surface area contributed by atoms with Crippen LogP contribution in [0.1, 0.15) is 32.7 Å². The van der Waals surface area contributed by atoms with Gasteiger partial charge in [0.15, 0.2) is 5.84 Å². The van der Waals surface area contributed by atoms with Gasteiger partial charge in [0.25, 0.3) is 11.8 Å². The molecule has 7 nitrogen and oxygen atoms in total. The van der Waals surface area contributed by atoms with Crippen molar-refractivity contribution in [1.82, 2.24) is 9.47 Å². The number of halogens is 2. The van der Waals surface area contributed by atoms with Crippen LogP contribution < -0.4 is 4.74 Å². The van der Waals surface area contributed by atoms with Gasteiger partial charge in [-0.15, -0.1) is 0 Å². The number of hydrogen-bond donors (Lipinski definition) is 0. The summed E-state index contributed by atoms with van der Waals surface area (Å²) >= 11 is 8.32. The Labute approximate surface area is 255 Å². The molecule has 1 amide bonds. The molecule has 2 aliphatic rings. The molecule has 3 heterocycles. The van der Waals surface area contributed by atoms with Crippen LogP contribution in [0, 0.1) is 6.92 Å². The molecule has 41 heavy (non-hydrogen) atoms. The first-order valence-corrected chi connectivity index (χ1v) is 14.4. The highest BCUT2D eigenvalue weighted by atomic mass is 127. The molecule has 0 N–H and O–H groups in total. The van der Waals surface area contributed by atoms with E-state index in [1.54, 1.807) is 42.0 Å². The summed E-state index contributed by atoms with van der Waals surface area (Å²) in [6.45, 7) is 2.47. The second-order valence-electron chi connectivity index (χ2n) is 9.70. The summed E-state index contributed by atoms with van der Waals surface area (Å²) in [4.78, 5) is 38.6. The average molecular weight is 675 g/mol. The molecule has 0 spiro atoms. The molecule has 0 fully saturated rings. The fraction of sp³-hybridized carbons (Fsp3) is 0.125. The average Bonchev–Trinajstić information content (AvgIpc) is 3.13. The van der Waals surface area contributed by atoms with Crippen molar-refractivity contribution < 1.29 is 14.3 Å². The van der Waals surface area contributed by atoms with Gasteiger partial charge >= 0.3 is 0 Å². The Morgan fingerprint density at radius 3 is 2.63 bits per heavy atom. The smallest absolute Gasteiger partial charge is 0.262 e. The van der Waals surface area contributed by atoms with Crippen molar-refractivity contribution in [3.05, 3.63) is 122 Å². The summed E-state index contributed by atoms with van der Waals surface area (Å²) in [5.41, 5.74) is 4.39. The number of aliphatic imine (C=N–C) groups is 2. The summed E-state index contributed by atoms with van der Waals surface area (Å²) < 4.78 is 8.19. The predicted octanol–water partition coefficient (Wildman–Crippen LogP) is 6.88. The van der Waals surface area contributed by atoms with Gasteiger partial charge in [0, 0.05) is 43.6 Å². The first-order chi connectivity index (χ1) is 19.8. The Balaban J connectivity index is 1.43. The molecule has 1 aromatic heterocycles. The lowest BCUT2D eigenvalue weighted by molar-refractivity contribution is -0.117. The number of carbonyl (C=O) groups excluding carboxylic acids is 2. The predicted molar refractivity (Wildman–Crippen MR) is 170 cm³/mol. The topological polar surface area (TPSA) is 76.3 Å². The van der Waals surface area contributed by atoms with Gasteiger partial charge in [0.05, 0.1) is 19.0 Å². The zero-order valence-electron chi connectivity index (χ0n) is 22.3. The van der Waals surface area contributed by atoms with Crippen LogP contribution in [0.3, 0.4) is 0 Å². The van der Waals surface area contributed by atoms with Gasteiger partial charge in [0.2, 0.25) is 0 Å². The third-order valence-electron chi connectivity index (χ3n) is 7.18. The van der Waals surface area contributed by atoms with E-state index in [-0.39, 0.29) is 18.2 Å². The highest BCUT2D eigenvalue weighted by molar-refractivity contribution is 14.1. The number of carbonyl (C=O) groups is 2. The second kappa shape index (κ2) is 11.1. The summed E-state index contributed by atoms with van der Waals surface area (Å²) in [5.74, 6) is 1.15. The van der Waals surface area contributed by atoms with Crippen LogP contribution in [0.4, 0.5) is 0 Å². The van der Waals surface area contributed by atoms with Gasteiger partial charge in [-0.3, -0.25) is 14.2 Å². The molecule has 0 aliphatic carbocycles. The number of benzene rings is 3. The summed E-state index contributed by atoms with van der Waals surface area (Å²) in [6, 6.07) is 20.1. The number of amides is 1. The van der Waals surface area contributed by atoms with E-state index in [2.05, 4.69) is 32.5 Å². The Morgan fingerprint density at radius 2 is 1.85 bits per heavy atom.